The smallest absolute Gasteiger partial charge is 0.307 e. The molecule has 0 saturated heterocycles. The first-order valence-electron chi connectivity index (χ1n) is 8.02. The van der Waals surface area contributed by atoms with Gasteiger partial charge in [0, 0.05) is 24.4 Å². The van der Waals surface area contributed by atoms with Crippen LogP contribution in [0.1, 0.15) is 37.8 Å². The number of carboxylic acids is 1. The van der Waals surface area contributed by atoms with Crippen LogP contribution in [0, 0.1) is 0 Å². The molecule has 1 aromatic heterocycles. The Labute approximate surface area is 147 Å². The molecule has 0 unspecified atom stereocenters. The lowest BCUT2D eigenvalue weighted by Gasteiger charge is -2.01. The first-order valence-corrected chi connectivity index (χ1v) is 8.02. The van der Waals surface area contributed by atoms with Crippen molar-refractivity contribution in [3.05, 3.63) is 66.0 Å². The van der Waals surface area contributed by atoms with Gasteiger partial charge < -0.3 is 5.11 Å². The standard InChI is InChI=1S/C11H15N3O.C8H8O2/c1-3-4-11(15)14-13-9(2)10-5-7-12-8-6-10;9-8(10)6-7-4-2-1-3-5-7/h5-8H,3-4H2,1-2H3,(H,14,15);1-5H,6H2,(H,9,10). The van der Waals surface area contributed by atoms with Gasteiger partial charge in [-0.25, -0.2) is 5.43 Å². The number of pyridine rings is 1. The molecule has 0 aliphatic rings. The highest BCUT2D eigenvalue weighted by Gasteiger charge is 1.99. The van der Waals surface area contributed by atoms with E-state index < -0.39 is 5.97 Å². The lowest BCUT2D eigenvalue weighted by atomic mass is 10.2. The number of rotatable bonds is 6. The third-order valence-corrected chi connectivity index (χ3v) is 3.12. The summed E-state index contributed by atoms with van der Waals surface area (Å²) in [7, 11) is 0. The maximum atomic E-state index is 11.1. The number of benzene rings is 1. The molecule has 0 fully saturated rings. The zero-order chi connectivity index (χ0) is 18.5. The minimum atomic E-state index is -0.786. The molecule has 2 rings (SSSR count). The summed E-state index contributed by atoms with van der Waals surface area (Å²) in [6.45, 7) is 3.81. The Bertz CT molecular complexity index is 686. The Balaban J connectivity index is 0.000000271. The number of hydrazone groups is 1. The topological polar surface area (TPSA) is 91.7 Å². The molecule has 25 heavy (non-hydrogen) atoms. The number of hydrogen-bond donors (Lipinski definition) is 2. The SMILES string of the molecule is CCCC(=O)NN=C(C)c1ccncc1.O=C(O)Cc1ccccc1. The summed E-state index contributed by atoms with van der Waals surface area (Å²) in [5.74, 6) is -0.836. The van der Waals surface area contributed by atoms with Gasteiger partial charge in [0.15, 0.2) is 0 Å². The normalized spacial score (nSPS) is 10.4. The second-order valence-electron chi connectivity index (χ2n) is 5.27. The van der Waals surface area contributed by atoms with Crippen molar-refractivity contribution in [3.8, 4) is 0 Å². The molecule has 0 radical (unpaired) electrons. The van der Waals surface area contributed by atoms with Gasteiger partial charge in [0.25, 0.3) is 0 Å². The van der Waals surface area contributed by atoms with E-state index in [9.17, 15) is 9.59 Å². The van der Waals surface area contributed by atoms with Crippen molar-refractivity contribution in [2.45, 2.75) is 33.1 Å². The molecule has 0 saturated carbocycles. The minimum absolute atomic E-state index is 0.0501. The number of aromatic nitrogens is 1. The van der Waals surface area contributed by atoms with Crippen molar-refractivity contribution in [3.63, 3.8) is 0 Å². The molecule has 6 heteroatoms. The van der Waals surface area contributed by atoms with Gasteiger partial charge in [0.2, 0.25) is 5.91 Å². The van der Waals surface area contributed by atoms with Crippen molar-refractivity contribution in [2.24, 2.45) is 5.10 Å². The van der Waals surface area contributed by atoms with Gasteiger partial charge >= 0.3 is 5.97 Å². The molecular formula is C19H23N3O3. The van der Waals surface area contributed by atoms with E-state index in [0.29, 0.717) is 6.42 Å². The Morgan fingerprint density at radius 3 is 2.32 bits per heavy atom. The van der Waals surface area contributed by atoms with E-state index in [1.54, 1.807) is 24.5 Å². The second kappa shape index (κ2) is 11.5. The summed E-state index contributed by atoms with van der Waals surface area (Å²) in [4.78, 5) is 25.2. The Morgan fingerprint density at radius 2 is 1.76 bits per heavy atom. The van der Waals surface area contributed by atoms with Gasteiger partial charge in [0.05, 0.1) is 12.1 Å². The van der Waals surface area contributed by atoms with Crippen molar-refractivity contribution < 1.29 is 14.7 Å². The molecule has 1 amide bonds. The van der Waals surface area contributed by atoms with Crippen LogP contribution in [-0.4, -0.2) is 27.7 Å². The number of carbonyl (C=O) groups is 2. The molecule has 0 bridgehead atoms. The highest BCUT2D eigenvalue weighted by Crippen LogP contribution is 1.99. The molecule has 132 valence electrons. The van der Waals surface area contributed by atoms with E-state index >= 15 is 0 Å². The highest BCUT2D eigenvalue weighted by molar-refractivity contribution is 5.99. The number of hydrogen-bond acceptors (Lipinski definition) is 4. The molecule has 0 aliphatic carbocycles. The molecule has 0 aliphatic heterocycles. The van der Waals surface area contributed by atoms with Crippen molar-refractivity contribution in [1.29, 1.82) is 0 Å². The van der Waals surface area contributed by atoms with Crippen molar-refractivity contribution >= 4 is 17.6 Å². The summed E-state index contributed by atoms with van der Waals surface area (Å²) in [6.07, 6.45) is 4.84. The van der Waals surface area contributed by atoms with Gasteiger partial charge in [-0.15, -0.1) is 0 Å². The van der Waals surface area contributed by atoms with Crippen LogP contribution in [0.2, 0.25) is 0 Å². The lowest BCUT2D eigenvalue weighted by Crippen LogP contribution is -2.18. The van der Waals surface area contributed by atoms with E-state index in [-0.39, 0.29) is 12.3 Å². The summed E-state index contributed by atoms with van der Waals surface area (Å²) >= 11 is 0. The van der Waals surface area contributed by atoms with Crippen LogP contribution in [0.15, 0.2) is 60.0 Å². The Hall–Kier alpha value is -3.02. The van der Waals surface area contributed by atoms with Crippen LogP contribution >= 0.6 is 0 Å². The number of aliphatic carboxylic acids is 1. The zero-order valence-electron chi connectivity index (χ0n) is 14.5. The highest BCUT2D eigenvalue weighted by atomic mass is 16.4. The fraction of sp³-hybridized carbons (Fsp3) is 0.263. The fourth-order valence-corrected chi connectivity index (χ4v) is 1.86. The van der Waals surface area contributed by atoms with E-state index in [1.165, 1.54) is 0 Å². The maximum Gasteiger partial charge on any atom is 0.307 e. The van der Waals surface area contributed by atoms with Gasteiger partial charge in [-0.2, -0.15) is 5.10 Å². The molecule has 2 N–H and O–H groups in total. The number of carbonyl (C=O) groups excluding carboxylic acids is 1. The number of nitrogens with zero attached hydrogens (tertiary/aromatic N) is 2. The predicted octanol–water partition coefficient (Wildman–Crippen LogP) is 3.04. The van der Waals surface area contributed by atoms with Gasteiger partial charge in [-0.1, -0.05) is 37.3 Å². The predicted molar refractivity (Wildman–Crippen MR) is 97.3 cm³/mol. The summed E-state index contributed by atoms with van der Waals surface area (Å²) in [6, 6.07) is 12.8. The first kappa shape index (κ1) is 20.0. The molecule has 6 nitrogen and oxygen atoms in total. The van der Waals surface area contributed by atoms with Gasteiger partial charge in [-0.05, 0) is 31.0 Å². The Morgan fingerprint density at radius 1 is 1.12 bits per heavy atom. The third-order valence-electron chi connectivity index (χ3n) is 3.12. The van der Waals surface area contributed by atoms with E-state index in [2.05, 4.69) is 15.5 Å². The average Bonchev–Trinajstić information content (AvgIpc) is 2.61. The maximum absolute atomic E-state index is 11.1. The van der Waals surface area contributed by atoms with Crippen LogP contribution in [-0.2, 0) is 16.0 Å². The van der Waals surface area contributed by atoms with Crippen LogP contribution in [0.3, 0.4) is 0 Å². The second-order valence-corrected chi connectivity index (χ2v) is 5.27. The summed E-state index contributed by atoms with van der Waals surface area (Å²) < 4.78 is 0. The molecule has 2 aromatic rings. The number of carboxylic acid groups (broad SMARTS) is 1. The van der Waals surface area contributed by atoms with Gasteiger partial charge in [-0.3, -0.25) is 14.6 Å². The third kappa shape index (κ3) is 9.00. The van der Waals surface area contributed by atoms with Crippen molar-refractivity contribution in [2.75, 3.05) is 0 Å². The van der Waals surface area contributed by atoms with Crippen LogP contribution < -0.4 is 5.43 Å². The van der Waals surface area contributed by atoms with Gasteiger partial charge in [0.1, 0.15) is 0 Å². The summed E-state index contributed by atoms with van der Waals surface area (Å²) in [5, 5.41) is 12.4. The van der Waals surface area contributed by atoms with E-state index in [4.69, 9.17) is 5.11 Å². The fourth-order valence-electron chi connectivity index (χ4n) is 1.86. The molecule has 1 aromatic carbocycles. The largest absolute Gasteiger partial charge is 0.481 e. The van der Waals surface area contributed by atoms with Crippen molar-refractivity contribution in [1.82, 2.24) is 10.4 Å². The Kier molecular flexibility index (Phi) is 9.22. The lowest BCUT2D eigenvalue weighted by molar-refractivity contribution is -0.136. The molecular weight excluding hydrogens is 318 g/mol. The number of amides is 1. The van der Waals surface area contributed by atoms with Crippen LogP contribution in [0.4, 0.5) is 0 Å². The van der Waals surface area contributed by atoms with E-state index in [0.717, 1.165) is 23.3 Å². The first-order chi connectivity index (χ1) is 12.0. The zero-order valence-corrected chi connectivity index (χ0v) is 14.5. The van der Waals surface area contributed by atoms with Crippen LogP contribution in [0.5, 0.6) is 0 Å². The quantitative estimate of drug-likeness (QED) is 0.624. The van der Waals surface area contributed by atoms with E-state index in [1.807, 2.05) is 44.2 Å². The summed E-state index contributed by atoms with van der Waals surface area (Å²) in [5.41, 5.74) is 5.09. The number of nitrogens with one attached hydrogen (secondary N) is 1. The minimum Gasteiger partial charge on any atom is -0.481 e. The molecule has 0 spiro atoms. The molecule has 1 heterocycles. The molecule has 0 atom stereocenters. The van der Waals surface area contributed by atoms with Crippen LogP contribution in [0.25, 0.3) is 0 Å². The average molecular weight is 341 g/mol. The monoisotopic (exact) mass is 341 g/mol.